The van der Waals surface area contributed by atoms with Gasteiger partial charge in [-0.3, -0.25) is 4.68 Å². The number of ether oxygens (including phenoxy) is 1. The third-order valence-electron chi connectivity index (χ3n) is 2.69. The van der Waals surface area contributed by atoms with E-state index in [0.717, 1.165) is 15.4 Å². The van der Waals surface area contributed by atoms with Gasteiger partial charge in [-0.25, -0.2) is 4.79 Å². The highest BCUT2D eigenvalue weighted by atomic mass is 79.9. The van der Waals surface area contributed by atoms with Gasteiger partial charge in [-0.1, -0.05) is 15.9 Å². The lowest BCUT2D eigenvalue weighted by atomic mass is 10.1. The van der Waals surface area contributed by atoms with Crippen LogP contribution in [0.15, 0.2) is 22.7 Å². The Morgan fingerprint density at radius 2 is 2.24 bits per heavy atom. The van der Waals surface area contributed by atoms with Gasteiger partial charge in [0.2, 0.25) is 0 Å². The Hall–Kier alpha value is -1.49. The van der Waals surface area contributed by atoms with E-state index in [1.165, 1.54) is 4.68 Å². The first-order valence-corrected chi connectivity index (χ1v) is 6.08. The Kier molecular flexibility index (Phi) is 3.11. The number of carbonyl (C=O) groups is 1. The molecule has 0 spiro atoms. The highest BCUT2D eigenvalue weighted by molar-refractivity contribution is 9.10. The minimum absolute atomic E-state index is 0.336. The van der Waals surface area contributed by atoms with Gasteiger partial charge in [0.25, 0.3) is 0 Å². The maximum absolute atomic E-state index is 11.9. The van der Waals surface area contributed by atoms with Crippen LogP contribution in [-0.2, 0) is 4.74 Å². The quantitative estimate of drug-likeness (QED) is 0.684. The molecule has 90 valence electrons. The van der Waals surface area contributed by atoms with Crippen LogP contribution in [0, 0.1) is 6.92 Å². The predicted octanol–water partition coefficient (Wildman–Crippen LogP) is 2.60. The van der Waals surface area contributed by atoms with E-state index in [4.69, 9.17) is 10.6 Å². The van der Waals surface area contributed by atoms with Gasteiger partial charge in [-0.05, 0) is 32.0 Å². The SMILES string of the molecule is CCOC(=O)c1c(C)n(N)c2ccc(Br)cc12. The summed E-state index contributed by atoms with van der Waals surface area (Å²) in [5.41, 5.74) is 2.05. The van der Waals surface area contributed by atoms with Crippen LogP contribution < -0.4 is 5.84 Å². The lowest BCUT2D eigenvalue weighted by Crippen LogP contribution is -2.12. The number of nitrogens with zero attached hydrogens (tertiary/aromatic N) is 1. The van der Waals surface area contributed by atoms with Crippen molar-refractivity contribution < 1.29 is 9.53 Å². The van der Waals surface area contributed by atoms with Crippen molar-refractivity contribution in [1.82, 2.24) is 4.68 Å². The Morgan fingerprint density at radius 3 is 2.88 bits per heavy atom. The molecule has 2 aromatic rings. The summed E-state index contributed by atoms with van der Waals surface area (Å²) < 4.78 is 7.46. The van der Waals surface area contributed by atoms with Gasteiger partial charge < -0.3 is 10.6 Å². The second-order valence-corrected chi connectivity index (χ2v) is 4.63. The molecule has 0 amide bonds. The number of hydrogen-bond donors (Lipinski definition) is 1. The van der Waals surface area contributed by atoms with E-state index in [0.29, 0.717) is 17.9 Å². The van der Waals surface area contributed by atoms with Crippen LogP contribution in [0.25, 0.3) is 10.9 Å². The second-order valence-electron chi connectivity index (χ2n) is 3.71. The van der Waals surface area contributed by atoms with Crippen LogP contribution in [0.1, 0.15) is 23.0 Å². The van der Waals surface area contributed by atoms with E-state index in [-0.39, 0.29) is 5.97 Å². The smallest absolute Gasteiger partial charge is 0.340 e. The summed E-state index contributed by atoms with van der Waals surface area (Å²) >= 11 is 3.39. The zero-order valence-electron chi connectivity index (χ0n) is 9.66. The van der Waals surface area contributed by atoms with Crippen LogP contribution in [0.2, 0.25) is 0 Å². The van der Waals surface area contributed by atoms with Crippen LogP contribution in [-0.4, -0.2) is 17.3 Å². The molecule has 5 heteroatoms. The first-order valence-electron chi connectivity index (χ1n) is 5.29. The number of benzene rings is 1. The molecular formula is C12H13BrN2O2. The van der Waals surface area contributed by atoms with Crippen molar-refractivity contribution in [2.75, 3.05) is 12.4 Å². The molecule has 0 aliphatic rings. The topological polar surface area (TPSA) is 57.2 Å². The van der Waals surface area contributed by atoms with E-state index in [9.17, 15) is 4.79 Å². The number of nitrogen functional groups attached to an aromatic ring is 1. The molecule has 2 rings (SSSR count). The molecule has 0 fully saturated rings. The van der Waals surface area contributed by atoms with Gasteiger partial charge in [0.1, 0.15) is 0 Å². The number of aromatic nitrogens is 1. The van der Waals surface area contributed by atoms with E-state index < -0.39 is 0 Å². The standard InChI is InChI=1S/C12H13BrN2O2/c1-3-17-12(16)11-7(2)15(14)10-5-4-8(13)6-9(10)11/h4-6H,3,14H2,1-2H3. The first-order chi connectivity index (χ1) is 8.06. The molecule has 0 saturated heterocycles. The van der Waals surface area contributed by atoms with Crippen LogP contribution in [0.3, 0.4) is 0 Å². The summed E-state index contributed by atoms with van der Waals surface area (Å²) in [6.07, 6.45) is 0. The normalized spacial score (nSPS) is 10.8. The van der Waals surface area contributed by atoms with Gasteiger partial charge in [0.05, 0.1) is 23.4 Å². The van der Waals surface area contributed by atoms with Crippen molar-refractivity contribution in [3.8, 4) is 0 Å². The number of fused-ring (bicyclic) bond motifs is 1. The monoisotopic (exact) mass is 296 g/mol. The molecule has 0 unspecified atom stereocenters. The minimum Gasteiger partial charge on any atom is -0.462 e. The van der Waals surface area contributed by atoms with E-state index >= 15 is 0 Å². The molecule has 17 heavy (non-hydrogen) atoms. The molecule has 0 aliphatic carbocycles. The molecule has 4 nitrogen and oxygen atoms in total. The minimum atomic E-state index is -0.336. The van der Waals surface area contributed by atoms with Gasteiger partial charge in [-0.15, -0.1) is 0 Å². The summed E-state index contributed by atoms with van der Waals surface area (Å²) in [4.78, 5) is 11.9. The Morgan fingerprint density at radius 1 is 1.53 bits per heavy atom. The second kappa shape index (κ2) is 4.41. The zero-order valence-corrected chi connectivity index (χ0v) is 11.2. The van der Waals surface area contributed by atoms with Crippen molar-refractivity contribution in [1.29, 1.82) is 0 Å². The third-order valence-corrected chi connectivity index (χ3v) is 3.18. The average Bonchev–Trinajstić information content (AvgIpc) is 2.51. The summed E-state index contributed by atoms with van der Waals surface area (Å²) in [5.74, 6) is 5.58. The Balaban J connectivity index is 2.72. The fourth-order valence-electron chi connectivity index (χ4n) is 1.88. The molecule has 0 aliphatic heterocycles. The molecule has 0 saturated carbocycles. The lowest BCUT2D eigenvalue weighted by molar-refractivity contribution is 0.0527. The predicted molar refractivity (Wildman–Crippen MR) is 70.5 cm³/mol. The molecular weight excluding hydrogens is 284 g/mol. The van der Waals surface area contributed by atoms with Crippen LogP contribution >= 0.6 is 15.9 Å². The highest BCUT2D eigenvalue weighted by Gasteiger charge is 2.20. The first kappa shape index (κ1) is 12.0. The van der Waals surface area contributed by atoms with Gasteiger partial charge in [-0.2, -0.15) is 0 Å². The lowest BCUT2D eigenvalue weighted by Gasteiger charge is -2.01. The van der Waals surface area contributed by atoms with Gasteiger partial charge in [0, 0.05) is 9.86 Å². The summed E-state index contributed by atoms with van der Waals surface area (Å²) in [7, 11) is 0. The van der Waals surface area contributed by atoms with E-state index in [2.05, 4.69) is 15.9 Å². The fraction of sp³-hybridized carbons (Fsp3) is 0.250. The summed E-state index contributed by atoms with van der Waals surface area (Å²) in [5, 5.41) is 0.804. The van der Waals surface area contributed by atoms with Crippen molar-refractivity contribution in [2.24, 2.45) is 0 Å². The molecule has 0 bridgehead atoms. The molecule has 2 N–H and O–H groups in total. The molecule has 1 heterocycles. The largest absolute Gasteiger partial charge is 0.462 e. The number of carbonyl (C=O) groups excluding carboxylic acids is 1. The molecule has 1 aromatic heterocycles. The van der Waals surface area contributed by atoms with Crippen molar-refractivity contribution in [3.05, 3.63) is 33.9 Å². The summed E-state index contributed by atoms with van der Waals surface area (Å²) in [6.45, 7) is 3.94. The van der Waals surface area contributed by atoms with Gasteiger partial charge >= 0.3 is 5.97 Å². The summed E-state index contributed by atoms with van der Waals surface area (Å²) in [6, 6.07) is 5.63. The number of hydrogen-bond acceptors (Lipinski definition) is 3. The van der Waals surface area contributed by atoms with Crippen LogP contribution in [0.5, 0.6) is 0 Å². The third kappa shape index (κ3) is 1.91. The average molecular weight is 297 g/mol. The fourth-order valence-corrected chi connectivity index (χ4v) is 2.24. The number of nitrogens with two attached hydrogens (primary N) is 1. The van der Waals surface area contributed by atoms with Crippen molar-refractivity contribution >= 4 is 32.8 Å². The number of halogens is 1. The maximum atomic E-state index is 11.9. The Bertz CT molecular complexity index is 590. The maximum Gasteiger partial charge on any atom is 0.340 e. The van der Waals surface area contributed by atoms with Crippen molar-refractivity contribution in [2.45, 2.75) is 13.8 Å². The molecule has 1 aromatic carbocycles. The Labute approximate surface area is 107 Å². The van der Waals surface area contributed by atoms with E-state index in [1.807, 2.05) is 18.2 Å². The number of rotatable bonds is 2. The van der Waals surface area contributed by atoms with Crippen molar-refractivity contribution in [3.63, 3.8) is 0 Å². The van der Waals surface area contributed by atoms with Crippen LogP contribution in [0.4, 0.5) is 0 Å². The zero-order chi connectivity index (χ0) is 12.6. The molecule has 0 atom stereocenters. The molecule has 0 radical (unpaired) electrons. The highest BCUT2D eigenvalue weighted by Crippen LogP contribution is 2.27. The van der Waals surface area contributed by atoms with Gasteiger partial charge in [0.15, 0.2) is 0 Å². The van der Waals surface area contributed by atoms with E-state index in [1.54, 1.807) is 13.8 Å². The number of esters is 1.